The molecule has 0 saturated carbocycles. The molecule has 0 atom stereocenters. The molecule has 0 heterocycles. The number of nitriles is 2. The second kappa shape index (κ2) is 8.76. The lowest BCUT2D eigenvalue weighted by molar-refractivity contribution is -0.137. The summed E-state index contributed by atoms with van der Waals surface area (Å²) >= 11 is 0. The van der Waals surface area contributed by atoms with E-state index in [4.69, 9.17) is 5.26 Å². The minimum absolute atomic E-state index is 0.101. The average molecular weight is 433 g/mol. The van der Waals surface area contributed by atoms with E-state index in [0.29, 0.717) is 18.2 Å². The molecule has 0 unspecified atom stereocenters. The van der Waals surface area contributed by atoms with Crippen molar-refractivity contribution in [1.82, 2.24) is 4.90 Å². The Morgan fingerprint density at radius 2 is 1.84 bits per heavy atom. The first-order chi connectivity index (χ1) is 14.4. The van der Waals surface area contributed by atoms with Crippen LogP contribution in [-0.4, -0.2) is 28.1 Å². The van der Waals surface area contributed by atoms with E-state index >= 15 is 0 Å². The van der Waals surface area contributed by atoms with Crippen LogP contribution >= 0.6 is 0 Å². The largest absolute Gasteiger partial charge is 0.506 e. The number of phenolic OH excluding ortho intramolecular Hbond substituents is 1. The van der Waals surface area contributed by atoms with Gasteiger partial charge in [0.05, 0.1) is 11.1 Å². The molecule has 2 N–H and O–H groups in total. The van der Waals surface area contributed by atoms with Crippen molar-refractivity contribution in [3.05, 3.63) is 69.5 Å². The number of hydrogen-bond donors (Lipinski definition) is 2. The second-order valence-electron chi connectivity index (χ2n) is 6.60. The molecule has 6 nitrogen and oxygen atoms in total. The van der Waals surface area contributed by atoms with Gasteiger partial charge >= 0.3 is 6.18 Å². The number of aromatic hydroxyl groups is 1. The van der Waals surface area contributed by atoms with Gasteiger partial charge in [0.1, 0.15) is 29.5 Å². The van der Waals surface area contributed by atoms with Crippen LogP contribution in [0.5, 0.6) is 5.75 Å². The van der Waals surface area contributed by atoms with Gasteiger partial charge < -0.3 is 15.1 Å². The zero-order valence-electron chi connectivity index (χ0n) is 16.3. The Hall–Kier alpha value is -4.05. The number of amides is 1. The normalized spacial score (nSPS) is 11.9. The number of phenols is 1. The molecule has 0 fully saturated rings. The molecule has 0 radical (unpaired) electrons. The summed E-state index contributed by atoms with van der Waals surface area (Å²) < 4.78 is 52.6. The van der Waals surface area contributed by atoms with E-state index in [1.165, 1.54) is 19.1 Å². The molecule has 2 aromatic rings. The van der Waals surface area contributed by atoms with Crippen LogP contribution in [0.2, 0.25) is 0 Å². The fraction of sp³-hybridized carbons (Fsp3) is 0.190. The molecule has 0 aromatic heterocycles. The first-order valence-electron chi connectivity index (χ1n) is 8.59. The zero-order chi connectivity index (χ0) is 23.5. The van der Waals surface area contributed by atoms with Crippen LogP contribution in [-0.2, 0) is 17.5 Å². The van der Waals surface area contributed by atoms with Crippen molar-refractivity contribution in [2.75, 3.05) is 7.05 Å². The number of alkyl halides is 3. The summed E-state index contributed by atoms with van der Waals surface area (Å²) in [4.78, 5) is 13.4. The van der Waals surface area contributed by atoms with Crippen LogP contribution in [0.3, 0.4) is 0 Å². The van der Waals surface area contributed by atoms with E-state index in [1.54, 1.807) is 6.07 Å². The number of rotatable bonds is 4. The van der Waals surface area contributed by atoms with Crippen molar-refractivity contribution in [1.29, 1.82) is 10.5 Å². The number of carbonyl (C=O) groups is 1. The summed E-state index contributed by atoms with van der Waals surface area (Å²) in [6.07, 6.45) is -4.71. The second-order valence-corrected chi connectivity index (χ2v) is 6.60. The van der Waals surface area contributed by atoms with Crippen molar-refractivity contribution in [3.63, 3.8) is 0 Å². The molecule has 0 aliphatic rings. The number of aliphatic hydroxyl groups is 1. The molecule has 0 bridgehead atoms. The van der Waals surface area contributed by atoms with Gasteiger partial charge in [-0.05, 0) is 42.8 Å². The maximum atomic E-state index is 14.0. The molecule has 0 aliphatic carbocycles. The number of benzene rings is 2. The summed E-state index contributed by atoms with van der Waals surface area (Å²) in [5.41, 5.74) is -2.42. The number of aryl methyl sites for hydroxylation is 1. The third kappa shape index (κ3) is 4.93. The number of carbonyl (C=O) groups excluding carboxylic acids is 1. The van der Waals surface area contributed by atoms with Gasteiger partial charge in [-0.3, -0.25) is 4.79 Å². The Balaban J connectivity index is 2.42. The lowest BCUT2D eigenvalue weighted by Crippen LogP contribution is -2.28. The van der Waals surface area contributed by atoms with Crippen LogP contribution in [0, 0.1) is 35.4 Å². The maximum Gasteiger partial charge on any atom is 0.416 e. The van der Waals surface area contributed by atoms with E-state index in [9.17, 15) is 37.8 Å². The molecule has 0 spiro atoms. The topological polar surface area (TPSA) is 108 Å². The van der Waals surface area contributed by atoms with E-state index in [-0.39, 0.29) is 22.4 Å². The predicted octanol–water partition coefficient (Wildman–Crippen LogP) is 4.18. The molecule has 1 amide bonds. The van der Waals surface area contributed by atoms with Crippen LogP contribution in [0.1, 0.15) is 27.8 Å². The Morgan fingerprint density at radius 1 is 1.19 bits per heavy atom. The van der Waals surface area contributed by atoms with Gasteiger partial charge in [0.2, 0.25) is 0 Å². The number of nitrogens with zero attached hydrogens (tertiary/aromatic N) is 3. The molecule has 2 rings (SSSR count). The third-order valence-corrected chi connectivity index (χ3v) is 4.38. The van der Waals surface area contributed by atoms with Crippen LogP contribution in [0.25, 0.3) is 5.76 Å². The first kappa shape index (κ1) is 23.2. The Labute approximate surface area is 174 Å². The minimum atomic E-state index is -4.71. The average Bonchev–Trinajstić information content (AvgIpc) is 2.70. The lowest BCUT2D eigenvalue weighted by Gasteiger charge is -2.19. The van der Waals surface area contributed by atoms with Gasteiger partial charge in [-0.15, -0.1) is 0 Å². The molecule has 10 heteroatoms. The highest BCUT2D eigenvalue weighted by Gasteiger charge is 2.31. The van der Waals surface area contributed by atoms with Crippen LogP contribution < -0.4 is 0 Å². The van der Waals surface area contributed by atoms with Crippen molar-refractivity contribution in [2.45, 2.75) is 19.6 Å². The quantitative estimate of drug-likeness (QED) is 0.325. The molecule has 0 aliphatic heterocycles. The molecule has 0 saturated heterocycles. The number of aliphatic hydroxyl groups excluding tert-OH is 1. The smallest absolute Gasteiger partial charge is 0.416 e. The van der Waals surface area contributed by atoms with Gasteiger partial charge in [-0.25, -0.2) is 4.39 Å². The van der Waals surface area contributed by atoms with Crippen LogP contribution in [0.15, 0.2) is 35.9 Å². The number of likely N-dealkylation sites (N-methyl/N-ethyl adjacent to an activating group) is 1. The summed E-state index contributed by atoms with van der Waals surface area (Å²) in [7, 11) is 1.12. The van der Waals surface area contributed by atoms with Crippen molar-refractivity contribution < 1.29 is 32.6 Å². The fourth-order valence-electron chi connectivity index (χ4n) is 2.74. The lowest BCUT2D eigenvalue weighted by atomic mass is 10.0. The van der Waals surface area contributed by atoms with Gasteiger partial charge in [0, 0.05) is 24.7 Å². The van der Waals surface area contributed by atoms with Gasteiger partial charge in [-0.1, -0.05) is 0 Å². The van der Waals surface area contributed by atoms with Crippen molar-refractivity contribution in [3.8, 4) is 17.9 Å². The molecular formula is C21H15F4N3O3. The van der Waals surface area contributed by atoms with Crippen LogP contribution in [0.4, 0.5) is 17.6 Å². The van der Waals surface area contributed by atoms with E-state index < -0.39 is 46.9 Å². The van der Waals surface area contributed by atoms with E-state index in [1.807, 2.05) is 0 Å². The highest BCUT2D eigenvalue weighted by atomic mass is 19.4. The molecule has 2 aromatic carbocycles. The van der Waals surface area contributed by atoms with Gasteiger partial charge in [0.15, 0.2) is 5.57 Å². The SMILES string of the molecule is Cc1cc(/C(O)=C(\C#N)C(=O)N(C)Cc2cc(C(F)(F)F)ccc2F)cc(C#N)c1O. The highest BCUT2D eigenvalue weighted by molar-refractivity contribution is 6.03. The van der Waals surface area contributed by atoms with E-state index in [0.717, 1.165) is 18.0 Å². The summed E-state index contributed by atoms with van der Waals surface area (Å²) in [6, 6.07) is 7.25. The Kier molecular flexibility index (Phi) is 6.56. The van der Waals surface area contributed by atoms with E-state index in [2.05, 4.69) is 0 Å². The first-order valence-corrected chi connectivity index (χ1v) is 8.59. The third-order valence-electron chi connectivity index (χ3n) is 4.38. The van der Waals surface area contributed by atoms with Crippen molar-refractivity contribution in [2.24, 2.45) is 0 Å². The summed E-state index contributed by atoms with van der Waals surface area (Å²) in [5, 5.41) is 38.6. The molecule has 160 valence electrons. The standard InChI is InChI=1S/C21H15F4N3O3/c1-11-5-12(6-13(8-26)18(11)29)19(30)16(9-27)20(31)28(2)10-14-7-15(21(23,24)25)3-4-17(14)22/h3-7,29-30H,10H2,1-2H3/b19-16-. The molecular weight excluding hydrogens is 418 g/mol. The minimum Gasteiger partial charge on any atom is -0.506 e. The summed E-state index contributed by atoms with van der Waals surface area (Å²) in [6.45, 7) is 0.828. The predicted molar refractivity (Wildman–Crippen MR) is 101 cm³/mol. The van der Waals surface area contributed by atoms with Gasteiger partial charge in [0.25, 0.3) is 5.91 Å². The molecule has 31 heavy (non-hydrogen) atoms. The maximum absolute atomic E-state index is 14.0. The zero-order valence-corrected chi connectivity index (χ0v) is 16.3. The highest BCUT2D eigenvalue weighted by Crippen LogP contribution is 2.31. The number of hydrogen-bond acceptors (Lipinski definition) is 5. The van der Waals surface area contributed by atoms with Crippen molar-refractivity contribution >= 4 is 11.7 Å². The number of halogens is 4. The monoisotopic (exact) mass is 433 g/mol. The summed E-state index contributed by atoms with van der Waals surface area (Å²) in [5.74, 6) is -3.20. The Morgan fingerprint density at radius 3 is 2.39 bits per heavy atom. The Bertz CT molecular complexity index is 1160. The van der Waals surface area contributed by atoms with Gasteiger partial charge in [-0.2, -0.15) is 23.7 Å². The fourth-order valence-corrected chi connectivity index (χ4v) is 2.74.